The smallest absolute Gasteiger partial charge is 0.154 e. The van der Waals surface area contributed by atoms with Crippen molar-refractivity contribution < 1.29 is 13.5 Å². The second-order valence-electron chi connectivity index (χ2n) is 5.57. The predicted molar refractivity (Wildman–Crippen MR) is 78.7 cm³/mol. The first-order valence-electron chi connectivity index (χ1n) is 6.98. The third kappa shape index (κ3) is 2.82. The van der Waals surface area contributed by atoms with Gasteiger partial charge in [0.2, 0.25) is 0 Å². The summed E-state index contributed by atoms with van der Waals surface area (Å²) < 4.78 is 23.2. The maximum Gasteiger partial charge on any atom is 0.154 e. The van der Waals surface area contributed by atoms with Crippen LogP contribution in [0, 0.1) is 0 Å². The van der Waals surface area contributed by atoms with Crippen molar-refractivity contribution in [3.05, 3.63) is 30.3 Å². The zero-order chi connectivity index (χ0) is 14.2. The highest BCUT2D eigenvalue weighted by Crippen LogP contribution is 2.22. The number of aliphatic hydroxyl groups is 1. The zero-order valence-electron chi connectivity index (χ0n) is 11.4. The van der Waals surface area contributed by atoms with Crippen molar-refractivity contribution in [3.63, 3.8) is 0 Å². The van der Waals surface area contributed by atoms with E-state index in [1.165, 1.54) is 5.69 Å². The molecule has 2 aliphatic rings. The van der Waals surface area contributed by atoms with Crippen LogP contribution < -0.4 is 4.90 Å². The Morgan fingerprint density at radius 2 is 1.65 bits per heavy atom. The Balaban J connectivity index is 1.62. The summed E-state index contributed by atoms with van der Waals surface area (Å²) in [7, 11) is -3.06. The van der Waals surface area contributed by atoms with Gasteiger partial charge >= 0.3 is 0 Å². The van der Waals surface area contributed by atoms with Crippen LogP contribution in [0.5, 0.6) is 0 Å². The summed E-state index contributed by atoms with van der Waals surface area (Å²) in [6.07, 6.45) is -0.733. The second kappa shape index (κ2) is 5.35. The molecule has 2 aliphatic heterocycles. The third-order valence-electron chi connectivity index (χ3n) is 4.20. The first-order chi connectivity index (χ1) is 9.55. The van der Waals surface area contributed by atoms with Gasteiger partial charge in [-0.25, -0.2) is 8.42 Å². The number of anilines is 1. The Bertz CT molecular complexity index is 553. The molecule has 0 saturated carbocycles. The van der Waals surface area contributed by atoms with Crippen LogP contribution in [0.15, 0.2) is 30.3 Å². The van der Waals surface area contributed by atoms with Crippen LogP contribution in [0.1, 0.15) is 0 Å². The van der Waals surface area contributed by atoms with E-state index in [0.717, 1.165) is 26.2 Å². The normalized spacial score (nSPS) is 30.6. The van der Waals surface area contributed by atoms with Crippen molar-refractivity contribution in [2.45, 2.75) is 12.1 Å². The summed E-state index contributed by atoms with van der Waals surface area (Å²) in [4.78, 5) is 4.42. The molecule has 1 aromatic carbocycles. The molecule has 110 valence electrons. The lowest BCUT2D eigenvalue weighted by atomic mass is 10.1. The van der Waals surface area contributed by atoms with E-state index in [1.807, 2.05) is 18.2 Å². The molecular formula is C14H20N2O3S. The van der Waals surface area contributed by atoms with Crippen LogP contribution in [-0.4, -0.2) is 68.3 Å². The Morgan fingerprint density at radius 3 is 2.20 bits per heavy atom. The molecule has 0 bridgehead atoms. The summed E-state index contributed by atoms with van der Waals surface area (Å²) in [5, 5.41) is 9.93. The van der Waals surface area contributed by atoms with E-state index in [0.29, 0.717) is 0 Å². The first-order valence-corrected chi connectivity index (χ1v) is 8.80. The highest BCUT2D eigenvalue weighted by molar-refractivity contribution is 7.91. The van der Waals surface area contributed by atoms with Gasteiger partial charge in [0, 0.05) is 31.9 Å². The summed E-state index contributed by atoms with van der Waals surface area (Å²) in [5.41, 5.74) is 1.20. The van der Waals surface area contributed by atoms with Crippen LogP contribution in [0.25, 0.3) is 0 Å². The minimum atomic E-state index is -3.06. The Morgan fingerprint density at radius 1 is 1.00 bits per heavy atom. The van der Waals surface area contributed by atoms with Gasteiger partial charge in [0.1, 0.15) is 0 Å². The lowest BCUT2D eigenvalue weighted by Gasteiger charge is -2.39. The topological polar surface area (TPSA) is 60.9 Å². The zero-order valence-corrected chi connectivity index (χ0v) is 12.2. The fourth-order valence-corrected chi connectivity index (χ4v) is 4.94. The highest BCUT2D eigenvalue weighted by Gasteiger charge is 2.40. The third-order valence-corrected chi connectivity index (χ3v) is 5.90. The second-order valence-corrected chi connectivity index (χ2v) is 7.72. The monoisotopic (exact) mass is 296 g/mol. The van der Waals surface area contributed by atoms with E-state index in [9.17, 15) is 13.5 Å². The maximum atomic E-state index is 11.6. The molecule has 20 heavy (non-hydrogen) atoms. The molecule has 5 nitrogen and oxygen atoms in total. The molecule has 1 aromatic rings. The van der Waals surface area contributed by atoms with Gasteiger partial charge in [0.05, 0.1) is 23.7 Å². The SMILES string of the molecule is O=S1(=O)C[C@H](O)[C@@H](N2CCN(c3ccccc3)CC2)C1. The number of hydrogen-bond acceptors (Lipinski definition) is 5. The number of aliphatic hydroxyl groups excluding tert-OH is 1. The van der Waals surface area contributed by atoms with Gasteiger partial charge in [-0.05, 0) is 12.1 Å². The number of benzene rings is 1. The first kappa shape index (κ1) is 13.9. The molecule has 0 radical (unpaired) electrons. The lowest BCUT2D eigenvalue weighted by Crippen LogP contribution is -2.53. The Kier molecular flexibility index (Phi) is 3.70. The maximum absolute atomic E-state index is 11.6. The van der Waals surface area contributed by atoms with Crippen LogP contribution in [-0.2, 0) is 9.84 Å². The summed E-state index contributed by atoms with van der Waals surface area (Å²) in [6.45, 7) is 3.33. The van der Waals surface area contributed by atoms with E-state index in [1.54, 1.807) is 0 Å². The minimum Gasteiger partial charge on any atom is -0.390 e. The van der Waals surface area contributed by atoms with Gasteiger partial charge in [0.15, 0.2) is 9.84 Å². The fourth-order valence-electron chi connectivity index (χ4n) is 3.11. The van der Waals surface area contributed by atoms with E-state index >= 15 is 0 Å². The van der Waals surface area contributed by atoms with Crippen LogP contribution in [0.2, 0.25) is 0 Å². The lowest BCUT2D eigenvalue weighted by molar-refractivity contribution is 0.0793. The van der Waals surface area contributed by atoms with Gasteiger partial charge < -0.3 is 10.0 Å². The van der Waals surface area contributed by atoms with Crippen molar-refractivity contribution in [1.29, 1.82) is 0 Å². The number of para-hydroxylation sites is 1. The van der Waals surface area contributed by atoms with Gasteiger partial charge in [-0.2, -0.15) is 0 Å². The van der Waals surface area contributed by atoms with E-state index in [-0.39, 0.29) is 17.5 Å². The van der Waals surface area contributed by atoms with E-state index in [4.69, 9.17) is 0 Å². The van der Waals surface area contributed by atoms with Crippen molar-refractivity contribution in [1.82, 2.24) is 4.90 Å². The van der Waals surface area contributed by atoms with Gasteiger partial charge in [-0.1, -0.05) is 18.2 Å². The Labute approximate surface area is 119 Å². The molecule has 2 heterocycles. The molecule has 0 amide bonds. The van der Waals surface area contributed by atoms with Gasteiger partial charge in [0.25, 0.3) is 0 Å². The molecule has 0 unspecified atom stereocenters. The average Bonchev–Trinajstić information content (AvgIpc) is 2.73. The number of sulfone groups is 1. The largest absolute Gasteiger partial charge is 0.390 e. The standard InChI is InChI=1S/C14H20N2O3S/c17-14-11-20(18,19)10-13(14)16-8-6-15(7-9-16)12-4-2-1-3-5-12/h1-5,13-14,17H,6-11H2/t13-,14-/m0/s1. The van der Waals surface area contributed by atoms with E-state index in [2.05, 4.69) is 21.9 Å². The van der Waals surface area contributed by atoms with Gasteiger partial charge in [-0.15, -0.1) is 0 Å². The molecule has 2 fully saturated rings. The summed E-state index contributed by atoms with van der Waals surface area (Å²) >= 11 is 0. The minimum absolute atomic E-state index is 0.0867. The highest BCUT2D eigenvalue weighted by atomic mass is 32.2. The molecular weight excluding hydrogens is 276 g/mol. The van der Waals surface area contributed by atoms with Crippen molar-refractivity contribution in [3.8, 4) is 0 Å². The number of nitrogens with zero attached hydrogens (tertiary/aromatic N) is 2. The van der Waals surface area contributed by atoms with Crippen LogP contribution in [0.4, 0.5) is 5.69 Å². The number of hydrogen-bond donors (Lipinski definition) is 1. The van der Waals surface area contributed by atoms with Crippen molar-refractivity contribution in [2.75, 3.05) is 42.6 Å². The van der Waals surface area contributed by atoms with Crippen LogP contribution in [0.3, 0.4) is 0 Å². The van der Waals surface area contributed by atoms with Crippen LogP contribution >= 0.6 is 0 Å². The van der Waals surface area contributed by atoms with Crippen molar-refractivity contribution >= 4 is 15.5 Å². The number of rotatable bonds is 2. The predicted octanol–water partition coefficient (Wildman–Crippen LogP) is -0.0335. The molecule has 0 spiro atoms. The molecule has 2 saturated heterocycles. The molecule has 6 heteroatoms. The average molecular weight is 296 g/mol. The fraction of sp³-hybridized carbons (Fsp3) is 0.571. The molecule has 3 rings (SSSR count). The molecule has 2 atom stereocenters. The summed E-state index contributed by atoms with van der Waals surface area (Å²) in [6, 6.07) is 10.00. The Hall–Kier alpha value is -1.11. The number of piperazine rings is 1. The van der Waals surface area contributed by atoms with Gasteiger partial charge in [-0.3, -0.25) is 4.90 Å². The van der Waals surface area contributed by atoms with Crippen molar-refractivity contribution in [2.24, 2.45) is 0 Å². The van der Waals surface area contributed by atoms with E-state index < -0.39 is 15.9 Å². The summed E-state index contributed by atoms with van der Waals surface area (Å²) in [5.74, 6) is 0.00999. The molecule has 0 aromatic heterocycles. The molecule has 0 aliphatic carbocycles. The quantitative estimate of drug-likeness (QED) is 0.830. The molecule has 1 N–H and O–H groups in total.